The number of benzene rings is 2. The fraction of sp³-hybridized carbons (Fsp3) is 0.423. The molecule has 3 rings (SSSR count). The average molecular weight is 469 g/mol. The van der Waals surface area contributed by atoms with E-state index in [-0.39, 0.29) is 29.0 Å². The molecule has 0 bridgehead atoms. The quantitative estimate of drug-likeness (QED) is 0.535. The highest BCUT2D eigenvalue weighted by atomic mass is 16.5. The van der Waals surface area contributed by atoms with Gasteiger partial charge in [0.15, 0.2) is 18.1 Å². The number of nitrogens with zero attached hydrogens (tertiary/aromatic N) is 1. The van der Waals surface area contributed by atoms with Crippen LogP contribution in [-0.2, 0) is 27.3 Å². The van der Waals surface area contributed by atoms with Gasteiger partial charge in [-0.3, -0.25) is 9.59 Å². The van der Waals surface area contributed by atoms with Crippen molar-refractivity contribution in [1.29, 1.82) is 0 Å². The standard InChI is InChI=1S/C26H32N2O6/c1-6-17-7-9-18(10-8-17)14-28(3)24(29)15-34-26(31)20-12-22(32-4)23(33-5)13-21(20)27-25(30)19-11-16(19)2/h7-10,12-13,16,19H,6,11,14-15H2,1-5H3,(H,27,30). The lowest BCUT2D eigenvalue weighted by molar-refractivity contribution is -0.133. The van der Waals surface area contributed by atoms with E-state index in [9.17, 15) is 14.4 Å². The number of anilines is 1. The highest BCUT2D eigenvalue weighted by Crippen LogP contribution is 2.40. The molecular formula is C26H32N2O6. The van der Waals surface area contributed by atoms with Crippen molar-refractivity contribution in [3.05, 3.63) is 53.1 Å². The number of carbonyl (C=O) groups excluding carboxylic acids is 3. The molecule has 0 heterocycles. The Morgan fingerprint density at radius 2 is 1.62 bits per heavy atom. The third-order valence-electron chi connectivity index (χ3n) is 6.05. The van der Waals surface area contributed by atoms with Crippen molar-refractivity contribution >= 4 is 23.5 Å². The van der Waals surface area contributed by atoms with Gasteiger partial charge in [-0.25, -0.2) is 4.79 Å². The zero-order valence-electron chi connectivity index (χ0n) is 20.3. The first kappa shape index (κ1) is 25.1. The molecule has 1 saturated carbocycles. The summed E-state index contributed by atoms with van der Waals surface area (Å²) in [6.45, 7) is 4.05. The minimum absolute atomic E-state index is 0.0846. The summed E-state index contributed by atoms with van der Waals surface area (Å²) in [6.07, 6.45) is 1.75. The largest absolute Gasteiger partial charge is 0.493 e. The van der Waals surface area contributed by atoms with Gasteiger partial charge in [0, 0.05) is 31.6 Å². The lowest BCUT2D eigenvalue weighted by Gasteiger charge is -2.18. The topological polar surface area (TPSA) is 94.2 Å². The minimum Gasteiger partial charge on any atom is -0.493 e. The number of rotatable bonds is 10. The normalized spacial score (nSPS) is 16.4. The summed E-state index contributed by atoms with van der Waals surface area (Å²) < 4.78 is 15.9. The molecular weight excluding hydrogens is 436 g/mol. The summed E-state index contributed by atoms with van der Waals surface area (Å²) in [5, 5.41) is 2.79. The Labute approximate surface area is 200 Å². The zero-order valence-corrected chi connectivity index (χ0v) is 20.3. The van der Waals surface area contributed by atoms with E-state index in [2.05, 4.69) is 12.2 Å². The molecule has 2 unspecified atom stereocenters. The molecule has 8 nitrogen and oxygen atoms in total. The molecule has 1 aliphatic carbocycles. The SMILES string of the molecule is CCc1ccc(CN(C)C(=O)COC(=O)c2cc(OC)c(OC)cc2NC(=O)C2CC2C)cc1. The van der Waals surface area contributed by atoms with Crippen molar-refractivity contribution in [2.75, 3.05) is 33.2 Å². The Morgan fingerprint density at radius 3 is 2.18 bits per heavy atom. The van der Waals surface area contributed by atoms with Crippen molar-refractivity contribution in [2.45, 2.75) is 33.2 Å². The molecule has 2 atom stereocenters. The summed E-state index contributed by atoms with van der Waals surface area (Å²) in [5.41, 5.74) is 2.55. The van der Waals surface area contributed by atoms with Gasteiger partial charge in [-0.05, 0) is 29.9 Å². The second-order valence-corrected chi connectivity index (χ2v) is 8.56. The van der Waals surface area contributed by atoms with Gasteiger partial charge >= 0.3 is 5.97 Å². The molecule has 0 saturated heterocycles. The Morgan fingerprint density at radius 1 is 1.03 bits per heavy atom. The first-order chi connectivity index (χ1) is 16.3. The number of esters is 1. The molecule has 182 valence electrons. The molecule has 1 N–H and O–H groups in total. The smallest absolute Gasteiger partial charge is 0.340 e. The summed E-state index contributed by atoms with van der Waals surface area (Å²) >= 11 is 0. The van der Waals surface area contributed by atoms with Gasteiger partial charge in [0.05, 0.1) is 25.5 Å². The summed E-state index contributed by atoms with van der Waals surface area (Å²) in [6, 6.07) is 11.0. The van der Waals surface area contributed by atoms with Crippen LogP contribution in [0.4, 0.5) is 5.69 Å². The highest BCUT2D eigenvalue weighted by molar-refractivity contribution is 6.03. The molecule has 2 amide bonds. The third-order valence-corrected chi connectivity index (χ3v) is 6.05. The van der Waals surface area contributed by atoms with Crippen LogP contribution < -0.4 is 14.8 Å². The number of aryl methyl sites for hydroxylation is 1. The van der Waals surface area contributed by atoms with Gasteiger partial charge in [0.1, 0.15) is 0 Å². The third kappa shape index (κ3) is 6.07. The fourth-order valence-corrected chi connectivity index (χ4v) is 3.62. The second kappa shape index (κ2) is 11.0. The number of nitrogens with one attached hydrogen (secondary N) is 1. The van der Waals surface area contributed by atoms with Crippen LogP contribution in [0.2, 0.25) is 0 Å². The van der Waals surface area contributed by atoms with Crippen molar-refractivity contribution in [3.63, 3.8) is 0 Å². The van der Waals surface area contributed by atoms with Crippen LogP contribution in [0.3, 0.4) is 0 Å². The maximum absolute atomic E-state index is 12.9. The molecule has 34 heavy (non-hydrogen) atoms. The highest BCUT2D eigenvalue weighted by Gasteiger charge is 2.39. The first-order valence-electron chi connectivity index (χ1n) is 11.3. The van der Waals surface area contributed by atoms with Crippen molar-refractivity contribution in [1.82, 2.24) is 4.90 Å². The maximum Gasteiger partial charge on any atom is 0.340 e. The number of methoxy groups -OCH3 is 2. The van der Waals surface area contributed by atoms with Gasteiger partial charge in [-0.1, -0.05) is 38.1 Å². The van der Waals surface area contributed by atoms with Crippen molar-refractivity contribution in [3.8, 4) is 11.5 Å². The molecule has 0 spiro atoms. The molecule has 1 fully saturated rings. The van der Waals surface area contributed by atoms with E-state index in [0.717, 1.165) is 18.4 Å². The Hall–Kier alpha value is -3.55. The van der Waals surface area contributed by atoms with Crippen LogP contribution in [-0.4, -0.2) is 50.6 Å². The predicted molar refractivity (Wildman–Crippen MR) is 128 cm³/mol. The van der Waals surface area contributed by atoms with Crippen LogP contribution in [0.1, 0.15) is 41.8 Å². The van der Waals surface area contributed by atoms with Gasteiger partial charge in [0.2, 0.25) is 5.91 Å². The monoisotopic (exact) mass is 468 g/mol. The lowest BCUT2D eigenvalue weighted by atomic mass is 10.1. The van der Waals surface area contributed by atoms with E-state index in [4.69, 9.17) is 14.2 Å². The van der Waals surface area contributed by atoms with Crippen molar-refractivity contribution < 1.29 is 28.6 Å². The van der Waals surface area contributed by atoms with Crippen LogP contribution in [0, 0.1) is 11.8 Å². The molecule has 2 aromatic carbocycles. The van der Waals surface area contributed by atoms with Gasteiger partial charge < -0.3 is 24.4 Å². The lowest BCUT2D eigenvalue weighted by Crippen LogP contribution is -2.31. The summed E-state index contributed by atoms with van der Waals surface area (Å²) in [7, 11) is 4.57. The first-order valence-corrected chi connectivity index (χ1v) is 11.3. The summed E-state index contributed by atoms with van der Waals surface area (Å²) in [5.74, 6) is -0.353. The van der Waals surface area contributed by atoms with Crippen LogP contribution in [0.5, 0.6) is 11.5 Å². The molecule has 0 radical (unpaired) electrons. The predicted octanol–water partition coefficient (Wildman–Crippen LogP) is 3.68. The van der Waals surface area contributed by atoms with E-state index in [0.29, 0.717) is 24.0 Å². The summed E-state index contributed by atoms with van der Waals surface area (Å²) in [4.78, 5) is 39.4. The molecule has 8 heteroatoms. The fourth-order valence-electron chi connectivity index (χ4n) is 3.62. The number of hydrogen-bond donors (Lipinski definition) is 1. The zero-order chi connectivity index (χ0) is 24.8. The molecule has 0 aliphatic heterocycles. The van der Waals surface area contributed by atoms with Crippen LogP contribution in [0.15, 0.2) is 36.4 Å². The van der Waals surface area contributed by atoms with Gasteiger partial charge in [-0.15, -0.1) is 0 Å². The number of carbonyl (C=O) groups is 3. The van der Waals surface area contributed by atoms with E-state index >= 15 is 0 Å². The van der Waals surface area contributed by atoms with Crippen molar-refractivity contribution in [2.24, 2.45) is 11.8 Å². The molecule has 0 aromatic heterocycles. The maximum atomic E-state index is 12.9. The van der Waals surface area contributed by atoms with Crippen LogP contribution in [0.25, 0.3) is 0 Å². The Bertz CT molecular complexity index is 1050. The minimum atomic E-state index is -0.742. The van der Waals surface area contributed by atoms with E-state index in [1.807, 2.05) is 31.2 Å². The van der Waals surface area contributed by atoms with Crippen LogP contribution >= 0.6 is 0 Å². The van der Waals surface area contributed by atoms with Gasteiger partial charge in [-0.2, -0.15) is 0 Å². The van der Waals surface area contributed by atoms with E-state index < -0.39 is 12.6 Å². The Balaban J connectivity index is 1.68. The number of likely N-dealkylation sites (N-methyl/N-ethyl adjacent to an activating group) is 1. The number of hydrogen-bond acceptors (Lipinski definition) is 6. The van der Waals surface area contributed by atoms with E-state index in [1.165, 1.54) is 36.8 Å². The molecule has 2 aromatic rings. The second-order valence-electron chi connectivity index (χ2n) is 8.56. The van der Waals surface area contributed by atoms with Gasteiger partial charge in [0.25, 0.3) is 5.91 Å². The number of ether oxygens (including phenoxy) is 3. The van der Waals surface area contributed by atoms with E-state index in [1.54, 1.807) is 7.05 Å². The number of amides is 2. The average Bonchev–Trinajstić information content (AvgIpc) is 3.58. The Kier molecular flexibility index (Phi) is 8.15. The molecule has 1 aliphatic rings.